The number of allylic oxidation sites excluding steroid dienone is 2. The first-order chi connectivity index (χ1) is 27.3. The molecule has 0 amide bonds. The summed E-state index contributed by atoms with van der Waals surface area (Å²) in [6.45, 7) is 13.1. The number of hydrogen-bond acceptors (Lipinski definition) is 15. The highest BCUT2D eigenvalue weighted by molar-refractivity contribution is 5.70. The van der Waals surface area contributed by atoms with Crippen LogP contribution in [0.5, 0.6) is 0 Å². The smallest absolute Gasteiger partial charge is 0.308 e. The number of aliphatic hydroxyl groups is 4. The summed E-state index contributed by atoms with van der Waals surface area (Å²) in [6, 6.07) is -0.356. The van der Waals surface area contributed by atoms with Crippen molar-refractivity contribution in [3.05, 3.63) is 24.3 Å². The second kappa shape index (κ2) is 22.0. The van der Waals surface area contributed by atoms with Gasteiger partial charge in [0.1, 0.15) is 30.5 Å². The molecular formula is C43H76N2O13. The van der Waals surface area contributed by atoms with Crippen molar-refractivity contribution in [3.63, 3.8) is 0 Å². The van der Waals surface area contributed by atoms with Crippen molar-refractivity contribution >= 4 is 5.97 Å². The Hall–Kier alpha value is -1.57. The van der Waals surface area contributed by atoms with E-state index in [-0.39, 0.29) is 43.2 Å². The number of likely N-dealkylation sites (N-methyl/N-ethyl adjacent to an activating group) is 2. The first-order valence-electron chi connectivity index (χ1n) is 21.4. The third-order valence-corrected chi connectivity index (χ3v) is 12.5. The van der Waals surface area contributed by atoms with Gasteiger partial charge in [-0.3, -0.25) is 4.79 Å². The molecule has 15 nitrogen and oxygen atoms in total. The quantitative estimate of drug-likeness (QED) is 0.236. The minimum atomic E-state index is -1.44. The van der Waals surface area contributed by atoms with Crippen LogP contribution < -0.4 is 0 Å². The fourth-order valence-corrected chi connectivity index (χ4v) is 9.15. The lowest BCUT2D eigenvalue weighted by molar-refractivity contribution is -0.344. The van der Waals surface area contributed by atoms with Gasteiger partial charge in [0.2, 0.25) is 0 Å². The maximum Gasteiger partial charge on any atom is 0.308 e. The molecule has 0 aromatic carbocycles. The molecular weight excluding hydrogens is 752 g/mol. The number of carbonyl (C=O) groups excluding carboxylic acids is 1. The molecule has 0 aromatic heterocycles. The number of ether oxygens (including phenoxy) is 8. The van der Waals surface area contributed by atoms with Crippen LogP contribution in [0.4, 0.5) is 0 Å². The van der Waals surface area contributed by atoms with Crippen molar-refractivity contribution in [2.75, 3.05) is 35.3 Å². The Morgan fingerprint density at radius 2 is 1.53 bits per heavy atom. The third kappa shape index (κ3) is 12.7. The molecule has 0 bridgehead atoms. The maximum atomic E-state index is 13.1. The number of hydrogen-bond donors (Lipinski definition) is 4. The van der Waals surface area contributed by atoms with Crippen LogP contribution in [0.25, 0.3) is 0 Å². The molecule has 0 saturated carbocycles. The van der Waals surface area contributed by atoms with E-state index in [2.05, 4.69) is 32.8 Å². The number of rotatable bonds is 10. The molecule has 0 aromatic rings. The van der Waals surface area contributed by atoms with Crippen LogP contribution in [0.3, 0.4) is 0 Å². The van der Waals surface area contributed by atoms with Crippen LogP contribution in [0.2, 0.25) is 0 Å². The van der Waals surface area contributed by atoms with Crippen molar-refractivity contribution in [2.24, 2.45) is 11.8 Å². The lowest BCUT2D eigenvalue weighted by Gasteiger charge is -2.50. The molecule has 4 aliphatic heterocycles. The van der Waals surface area contributed by atoms with Gasteiger partial charge in [-0.15, -0.1) is 0 Å². The lowest BCUT2D eigenvalue weighted by atomic mass is 9.82. The molecule has 15 heteroatoms. The van der Waals surface area contributed by atoms with Gasteiger partial charge in [0.15, 0.2) is 18.9 Å². The van der Waals surface area contributed by atoms with E-state index in [1.165, 1.54) is 7.11 Å². The number of carbonyl (C=O) groups is 1. The van der Waals surface area contributed by atoms with Crippen LogP contribution in [-0.4, -0.2) is 175 Å². The largest absolute Gasteiger partial charge is 0.462 e. The van der Waals surface area contributed by atoms with Gasteiger partial charge in [-0.1, -0.05) is 44.6 Å². The van der Waals surface area contributed by atoms with Gasteiger partial charge < -0.3 is 68.1 Å². The van der Waals surface area contributed by atoms with Gasteiger partial charge >= 0.3 is 5.97 Å². The summed E-state index contributed by atoms with van der Waals surface area (Å²) in [5.41, 5.74) is -1.44. The van der Waals surface area contributed by atoms with E-state index in [4.69, 9.17) is 37.9 Å². The molecule has 3 saturated heterocycles. The van der Waals surface area contributed by atoms with Crippen LogP contribution in [-0.2, 0) is 42.7 Å². The molecule has 0 spiro atoms. The van der Waals surface area contributed by atoms with Crippen molar-refractivity contribution in [1.82, 2.24) is 9.80 Å². The minimum Gasteiger partial charge on any atom is -0.462 e. The van der Waals surface area contributed by atoms with E-state index in [0.29, 0.717) is 25.3 Å². The van der Waals surface area contributed by atoms with Gasteiger partial charge in [-0.05, 0) is 93.9 Å². The van der Waals surface area contributed by atoms with Gasteiger partial charge in [0.25, 0.3) is 0 Å². The van der Waals surface area contributed by atoms with Gasteiger partial charge in [0.05, 0.1) is 54.7 Å². The Morgan fingerprint density at radius 1 is 0.845 bits per heavy atom. The maximum absolute atomic E-state index is 13.1. The number of cyclic esters (lactones) is 1. The standard InChI is InChI=1S/C43H76N2O13/c1-13-29-21-24(2)32(56-34-20-19-30(44(8)9)26(4)53-34)18-16-14-15-17-25(3)52-33(47)22-31(46)40(51-12)39(29)58-42-37(48)36(45(10)11)38(27(5)55-42)57-35-23-43(7,50)41(49)28(6)54-35/h14-16,18,24-32,34-42,46,48-50H,13,17,19-23H2,1-12H3/b15-14+,18-16+/t24-,25-,26?,27?,28?,29+,30?,31-,32?,34?,35?,36?,37?,38?,39+,40+,41?,42?,43?/m1/s1. The third-order valence-electron chi connectivity index (χ3n) is 12.5. The van der Waals surface area contributed by atoms with E-state index in [1.54, 1.807) is 20.8 Å². The van der Waals surface area contributed by atoms with Crippen molar-refractivity contribution < 1.29 is 63.1 Å². The van der Waals surface area contributed by atoms with Crippen LogP contribution in [0.15, 0.2) is 24.3 Å². The second-order valence-corrected chi connectivity index (χ2v) is 17.8. The molecule has 4 aliphatic rings. The summed E-state index contributed by atoms with van der Waals surface area (Å²) in [4.78, 5) is 17.1. The second-order valence-electron chi connectivity index (χ2n) is 17.8. The molecule has 4 rings (SSSR count). The van der Waals surface area contributed by atoms with E-state index in [0.717, 1.165) is 12.8 Å². The molecule has 4 N–H and O–H groups in total. The first kappa shape index (κ1) is 49.1. The minimum absolute atomic E-state index is 0.00438. The van der Waals surface area contributed by atoms with Gasteiger partial charge in [-0.25, -0.2) is 0 Å². The van der Waals surface area contributed by atoms with Crippen LogP contribution in [0, 0.1) is 11.8 Å². The van der Waals surface area contributed by atoms with Crippen molar-refractivity contribution in [1.29, 1.82) is 0 Å². The van der Waals surface area contributed by atoms with E-state index in [9.17, 15) is 25.2 Å². The highest BCUT2D eigenvalue weighted by Gasteiger charge is 2.51. The predicted molar refractivity (Wildman–Crippen MR) is 216 cm³/mol. The summed E-state index contributed by atoms with van der Waals surface area (Å²) >= 11 is 0. The normalized spacial score (nSPS) is 46.5. The monoisotopic (exact) mass is 829 g/mol. The van der Waals surface area contributed by atoms with Gasteiger partial charge in [-0.2, -0.15) is 0 Å². The van der Waals surface area contributed by atoms with Gasteiger partial charge in [0, 0.05) is 26.0 Å². The first-order valence-corrected chi connectivity index (χ1v) is 21.4. The number of esters is 1. The number of nitrogens with zero attached hydrogens (tertiary/aromatic N) is 2. The van der Waals surface area contributed by atoms with Crippen molar-refractivity contribution in [3.8, 4) is 0 Å². The Bertz CT molecular complexity index is 1320. The lowest BCUT2D eigenvalue weighted by Crippen LogP contribution is -2.65. The summed E-state index contributed by atoms with van der Waals surface area (Å²) in [5, 5.41) is 45.1. The Morgan fingerprint density at radius 3 is 2.14 bits per heavy atom. The number of aliphatic hydroxyl groups excluding tert-OH is 3. The molecule has 336 valence electrons. The SMILES string of the molecule is CC[C@H]1C[C@@H](C)C(OC2CCC(N(C)C)C(C)O2)/C=C/C=C/C[C@@H](C)OC(=O)C[C@@H](O)[C@H](OC)[C@H]1OC1OC(C)C(OC2CC(C)(O)C(O)C(C)O2)C(N(C)C)C1O. The summed E-state index contributed by atoms with van der Waals surface area (Å²) < 4.78 is 50.4. The van der Waals surface area contributed by atoms with E-state index < -0.39 is 85.1 Å². The average molecular weight is 829 g/mol. The molecule has 0 aliphatic carbocycles. The fraction of sp³-hybridized carbons (Fsp3) is 0.884. The Labute approximate surface area is 346 Å². The van der Waals surface area contributed by atoms with Crippen LogP contribution >= 0.6 is 0 Å². The molecule has 0 radical (unpaired) electrons. The molecule has 58 heavy (non-hydrogen) atoms. The fourth-order valence-electron chi connectivity index (χ4n) is 9.15. The van der Waals surface area contributed by atoms with Crippen LogP contribution in [0.1, 0.15) is 93.4 Å². The van der Waals surface area contributed by atoms with Crippen molar-refractivity contribution in [2.45, 2.75) is 197 Å². The predicted octanol–water partition coefficient (Wildman–Crippen LogP) is 3.15. The zero-order valence-corrected chi connectivity index (χ0v) is 37.0. The molecule has 4 heterocycles. The summed E-state index contributed by atoms with van der Waals surface area (Å²) in [7, 11) is 9.24. The summed E-state index contributed by atoms with van der Waals surface area (Å²) in [5.74, 6) is -0.888. The van der Waals surface area contributed by atoms with E-state index in [1.807, 2.05) is 57.1 Å². The average Bonchev–Trinajstić information content (AvgIpc) is 3.13. The zero-order valence-electron chi connectivity index (χ0n) is 37.0. The zero-order chi connectivity index (χ0) is 43.1. The topological polar surface area (TPSA) is 178 Å². The van der Waals surface area contributed by atoms with E-state index >= 15 is 0 Å². The summed E-state index contributed by atoms with van der Waals surface area (Å²) in [6.07, 6.45) is 0.174. The highest BCUT2D eigenvalue weighted by Crippen LogP contribution is 2.37. The molecule has 13 unspecified atom stereocenters. The molecule has 19 atom stereocenters. The number of methoxy groups -OCH3 is 1. The highest BCUT2D eigenvalue weighted by atomic mass is 16.7. The Kier molecular flexibility index (Phi) is 18.6. The Balaban J connectivity index is 1.63. The molecule has 3 fully saturated rings.